The summed E-state index contributed by atoms with van der Waals surface area (Å²) in [5.74, 6) is -0.191. The molecule has 0 unspecified atom stereocenters. The van der Waals surface area contributed by atoms with E-state index in [0.717, 1.165) is 24.8 Å². The SMILES string of the molecule is CC(C)(C)n1cc2c(n1)C(=O)CC1(CCN(C(=O)c3ccc4c(C(=O)NC5COC5)n[nH]c4c3)CC1)C2. The van der Waals surface area contributed by atoms with Gasteiger partial charge in [0.25, 0.3) is 11.8 Å². The molecule has 194 valence electrons. The van der Waals surface area contributed by atoms with Gasteiger partial charge in [-0.2, -0.15) is 10.2 Å². The standard InChI is InChI=1S/C27H32N6O4/c1-26(2,3)33-13-17-11-27(12-21(34)22(17)31-33)6-8-32(9-7-27)25(36)16-4-5-19-20(10-16)29-30-23(19)24(35)28-18-14-37-15-18/h4-5,10,13,18H,6-9,11-12,14-15H2,1-3H3,(H,28,35)(H,29,30). The van der Waals surface area contributed by atoms with Crippen LogP contribution >= 0.6 is 0 Å². The van der Waals surface area contributed by atoms with Crippen LogP contribution in [0.4, 0.5) is 0 Å². The quantitative estimate of drug-likeness (QED) is 0.566. The van der Waals surface area contributed by atoms with Gasteiger partial charge >= 0.3 is 0 Å². The maximum Gasteiger partial charge on any atom is 0.272 e. The van der Waals surface area contributed by atoms with Gasteiger partial charge < -0.3 is 15.0 Å². The Kier molecular flexibility index (Phi) is 5.48. The number of ether oxygens (including phenoxy) is 1. The molecule has 10 nitrogen and oxygen atoms in total. The summed E-state index contributed by atoms with van der Waals surface area (Å²) in [6.07, 6.45) is 4.91. The second-order valence-corrected chi connectivity index (χ2v) is 11.7. The molecule has 1 spiro atoms. The summed E-state index contributed by atoms with van der Waals surface area (Å²) in [5.41, 5.74) is 2.87. The Hall–Kier alpha value is -3.53. The fourth-order valence-electron chi connectivity index (χ4n) is 5.63. The van der Waals surface area contributed by atoms with Gasteiger partial charge in [0.05, 0.1) is 30.3 Å². The number of hydrogen-bond donors (Lipinski definition) is 2. The van der Waals surface area contributed by atoms with Crippen LogP contribution in [0.15, 0.2) is 24.4 Å². The van der Waals surface area contributed by atoms with E-state index in [1.54, 1.807) is 18.2 Å². The van der Waals surface area contributed by atoms with E-state index in [1.807, 2.05) is 15.8 Å². The Morgan fingerprint density at radius 1 is 1.16 bits per heavy atom. The van der Waals surface area contributed by atoms with Crippen LogP contribution in [0.2, 0.25) is 0 Å². The molecule has 0 atom stereocenters. The van der Waals surface area contributed by atoms with Crippen LogP contribution in [-0.4, -0.2) is 74.8 Å². The molecule has 0 radical (unpaired) electrons. The highest BCUT2D eigenvalue weighted by Crippen LogP contribution is 2.43. The van der Waals surface area contributed by atoms with E-state index in [4.69, 9.17) is 4.74 Å². The number of carbonyl (C=O) groups is 3. The van der Waals surface area contributed by atoms with Crippen molar-refractivity contribution in [3.8, 4) is 0 Å². The fourth-order valence-corrected chi connectivity index (χ4v) is 5.63. The number of fused-ring (bicyclic) bond motifs is 2. The van der Waals surface area contributed by atoms with Crippen molar-refractivity contribution >= 4 is 28.5 Å². The van der Waals surface area contributed by atoms with Crippen molar-refractivity contribution in [1.82, 2.24) is 30.2 Å². The number of nitrogens with zero attached hydrogens (tertiary/aromatic N) is 4. The summed E-state index contributed by atoms with van der Waals surface area (Å²) in [4.78, 5) is 40.7. The van der Waals surface area contributed by atoms with Crippen molar-refractivity contribution < 1.29 is 19.1 Å². The zero-order valence-electron chi connectivity index (χ0n) is 21.5. The average molecular weight is 505 g/mol. The number of ketones is 1. The molecule has 2 aromatic heterocycles. The molecular formula is C27H32N6O4. The van der Waals surface area contributed by atoms with E-state index in [-0.39, 0.29) is 34.6 Å². The first-order chi connectivity index (χ1) is 17.6. The Labute approximate surface area is 214 Å². The minimum Gasteiger partial charge on any atom is -0.377 e. The third kappa shape index (κ3) is 4.22. The molecule has 6 rings (SSSR count). The van der Waals surface area contributed by atoms with Gasteiger partial charge in [0, 0.05) is 42.2 Å². The second-order valence-electron chi connectivity index (χ2n) is 11.7. The third-order valence-corrected chi connectivity index (χ3v) is 7.95. The van der Waals surface area contributed by atoms with Crippen LogP contribution in [0.25, 0.3) is 10.9 Å². The first-order valence-electron chi connectivity index (χ1n) is 12.9. The molecule has 2 amide bonds. The number of piperidine rings is 1. The van der Waals surface area contributed by atoms with Crippen LogP contribution in [0, 0.1) is 5.41 Å². The van der Waals surface area contributed by atoms with Gasteiger partial charge in [0.15, 0.2) is 11.5 Å². The van der Waals surface area contributed by atoms with Crippen LogP contribution in [0.3, 0.4) is 0 Å². The van der Waals surface area contributed by atoms with E-state index in [9.17, 15) is 14.4 Å². The zero-order chi connectivity index (χ0) is 25.9. The first-order valence-corrected chi connectivity index (χ1v) is 12.9. The summed E-state index contributed by atoms with van der Waals surface area (Å²) in [5, 5.41) is 15.2. The van der Waals surface area contributed by atoms with Crippen LogP contribution < -0.4 is 5.32 Å². The van der Waals surface area contributed by atoms with E-state index >= 15 is 0 Å². The molecule has 4 heterocycles. The first kappa shape index (κ1) is 23.8. The smallest absolute Gasteiger partial charge is 0.272 e. The summed E-state index contributed by atoms with van der Waals surface area (Å²) in [7, 11) is 0. The second kappa shape index (κ2) is 8.51. The molecule has 3 aromatic rings. The van der Waals surface area contributed by atoms with Gasteiger partial charge in [0.1, 0.15) is 5.69 Å². The van der Waals surface area contributed by atoms with Crippen LogP contribution in [-0.2, 0) is 16.7 Å². The Balaban J connectivity index is 1.14. The summed E-state index contributed by atoms with van der Waals surface area (Å²) in [6.45, 7) is 8.48. The highest BCUT2D eigenvalue weighted by atomic mass is 16.5. The number of likely N-dealkylation sites (tertiary alicyclic amines) is 1. The third-order valence-electron chi connectivity index (χ3n) is 7.95. The topological polar surface area (TPSA) is 122 Å². The maximum atomic E-state index is 13.3. The molecule has 2 N–H and O–H groups in total. The van der Waals surface area contributed by atoms with Crippen molar-refractivity contribution in [2.75, 3.05) is 26.3 Å². The number of aromatic nitrogens is 4. The average Bonchev–Trinajstić information content (AvgIpc) is 3.45. The van der Waals surface area contributed by atoms with E-state index in [2.05, 4.69) is 41.4 Å². The lowest BCUT2D eigenvalue weighted by Crippen LogP contribution is -2.48. The molecule has 3 aliphatic rings. The number of nitrogens with one attached hydrogen (secondary N) is 2. The largest absolute Gasteiger partial charge is 0.377 e. The number of aromatic amines is 1. The van der Waals surface area contributed by atoms with Crippen molar-refractivity contribution in [3.63, 3.8) is 0 Å². The molecule has 37 heavy (non-hydrogen) atoms. The summed E-state index contributed by atoms with van der Waals surface area (Å²) < 4.78 is 7.00. The van der Waals surface area contributed by atoms with Gasteiger partial charge in [-0.3, -0.25) is 24.2 Å². The summed E-state index contributed by atoms with van der Waals surface area (Å²) >= 11 is 0. The molecule has 2 aliphatic heterocycles. The molecule has 0 saturated carbocycles. The van der Waals surface area contributed by atoms with Crippen molar-refractivity contribution in [2.45, 2.75) is 58.0 Å². The number of Topliss-reactive ketones (excluding diaryl/α,β-unsaturated/α-hetero) is 1. The van der Waals surface area contributed by atoms with Crippen LogP contribution in [0.1, 0.15) is 76.9 Å². The van der Waals surface area contributed by atoms with Crippen molar-refractivity contribution in [1.29, 1.82) is 0 Å². The number of carbonyl (C=O) groups excluding carboxylic acids is 3. The van der Waals surface area contributed by atoms with E-state index in [0.29, 0.717) is 60.6 Å². The molecule has 1 aromatic carbocycles. The normalized spacial score (nSPS) is 19.6. The lowest BCUT2D eigenvalue weighted by Gasteiger charge is -2.43. The highest BCUT2D eigenvalue weighted by molar-refractivity contribution is 6.06. The van der Waals surface area contributed by atoms with Crippen molar-refractivity contribution in [3.05, 3.63) is 46.9 Å². The monoisotopic (exact) mass is 504 g/mol. The number of H-pyrrole nitrogens is 1. The predicted octanol–water partition coefficient (Wildman–Crippen LogP) is 2.69. The zero-order valence-corrected chi connectivity index (χ0v) is 21.5. The van der Waals surface area contributed by atoms with Crippen molar-refractivity contribution in [2.24, 2.45) is 5.41 Å². The number of rotatable bonds is 3. The van der Waals surface area contributed by atoms with Gasteiger partial charge in [0.2, 0.25) is 0 Å². The lowest BCUT2D eigenvalue weighted by atomic mass is 9.67. The van der Waals surface area contributed by atoms with E-state index < -0.39 is 0 Å². The molecule has 2 saturated heterocycles. The summed E-state index contributed by atoms with van der Waals surface area (Å²) in [6, 6.07) is 5.31. The Morgan fingerprint density at radius 3 is 2.59 bits per heavy atom. The molecule has 2 fully saturated rings. The van der Waals surface area contributed by atoms with Crippen LogP contribution in [0.5, 0.6) is 0 Å². The number of hydrogen-bond acceptors (Lipinski definition) is 6. The minimum atomic E-state index is -0.252. The molecule has 1 aliphatic carbocycles. The molecule has 0 bridgehead atoms. The lowest BCUT2D eigenvalue weighted by molar-refractivity contribution is -0.00352. The van der Waals surface area contributed by atoms with E-state index in [1.165, 1.54) is 0 Å². The number of benzene rings is 1. The maximum absolute atomic E-state index is 13.3. The Morgan fingerprint density at radius 2 is 1.92 bits per heavy atom. The van der Waals surface area contributed by atoms with Gasteiger partial charge in [-0.1, -0.05) is 0 Å². The Bertz CT molecular complexity index is 1400. The molecular weight excluding hydrogens is 472 g/mol. The van der Waals surface area contributed by atoms with Gasteiger partial charge in [-0.15, -0.1) is 0 Å². The van der Waals surface area contributed by atoms with Gasteiger partial charge in [-0.05, 0) is 63.6 Å². The molecule has 10 heteroatoms. The predicted molar refractivity (Wildman–Crippen MR) is 136 cm³/mol. The highest BCUT2D eigenvalue weighted by Gasteiger charge is 2.43. The van der Waals surface area contributed by atoms with Gasteiger partial charge in [-0.25, -0.2) is 0 Å². The number of amides is 2. The minimum absolute atomic E-state index is 0.0169. The fraction of sp³-hybridized carbons (Fsp3) is 0.519.